The quantitative estimate of drug-likeness (QED) is 0.388. The Morgan fingerprint density at radius 2 is 1.70 bits per heavy atom. The van der Waals surface area contributed by atoms with E-state index in [0.29, 0.717) is 15.1 Å². The van der Waals surface area contributed by atoms with Gasteiger partial charge in [0.15, 0.2) is 4.80 Å². The molecule has 0 fully saturated rings. The number of hydrogen-bond acceptors (Lipinski definition) is 6. The Hall–Kier alpha value is -3.66. The van der Waals surface area contributed by atoms with Crippen LogP contribution in [-0.4, -0.2) is 20.3 Å². The van der Waals surface area contributed by atoms with Crippen molar-refractivity contribution in [2.24, 2.45) is 12.0 Å². The first-order chi connectivity index (χ1) is 12.8. The minimum Gasteiger partial charge on any atom is -0.319 e. The van der Waals surface area contributed by atoms with E-state index in [1.807, 2.05) is 0 Å². The molecule has 27 heavy (non-hydrogen) atoms. The normalized spacial score (nSPS) is 12.0. The second-order valence-electron chi connectivity index (χ2n) is 5.48. The molecule has 0 spiro atoms. The van der Waals surface area contributed by atoms with Gasteiger partial charge in [0.05, 0.1) is 20.1 Å². The standard InChI is InChI=1S/C17H12N4O5S/c1-19-14-8-7-13(21(25)26)10-15(14)27-17(19)18-16(22)9-4-11-2-5-12(6-3-11)20(23)24/h2-10H,1H3. The number of fused-ring (bicyclic) bond motifs is 1. The predicted molar refractivity (Wildman–Crippen MR) is 100 cm³/mol. The fourth-order valence-electron chi connectivity index (χ4n) is 2.35. The lowest BCUT2D eigenvalue weighted by Crippen LogP contribution is -2.12. The molecule has 0 aliphatic heterocycles. The monoisotopic (exact) mass is 384 g/mol. The van der Waals surface area contributed by atoms with Crippen LogP contribution in [0.5, 0.6) is 0 Å². The number of hydrogen-bond donors (Lipinski definition) is 0. The Balaban J connectivity index is 1.87. The summed E-state index contributed by atoms with van der Waals surface area (Å²) < 4.78 is 2.33. The van der Waals surface area contributed by atoms with E-state index in [2.05, 4.69) is 4.99 Å². The highest BCUT2D eigenvalue weighted by atomic mass is 32.1. The minimum atomic E-state index is -0.509. The molecule has 0 radical (unpaired) electrons. The molecule has 2 aromatic carbocycles. The van der Waals surface area contributed by atoms with Crippen molar-refractivity contribution in [1.82, 2.24) is 4.57 Å². The van der Waals surface area contributed by atoms with Crippen molar-refractivity contribution in [1.29, 1.82) is 0 Å². The largest absolute Gasteiger partial charge is 0.319 e. The summed E-state index contributed by atoms with van der Waals surface area (Å²) >= 11 is 1.17. The predicted octanol–water partition coefficient (Wildman–Crippen LogP) is 3.20. The van der Waals surface area contributed by atoms with Gasteiger partial charge in [-0.2, -0.15) is 4.99 Å². The molecule has 0 atom stereocenters. The number of carbonyl (C=O) groups is 1. The molecule has 1 amide bonds. The van der Waals surface area contributed by atoms with Crippen LogP contribution in [0.2, 0.25) is 0 Å². The number of nitro groups is 2. The molecular weight excluding hydrogens is 372 g/mol. The maximum Gasteiger partial charge on any atom is 0.272 e. The summed E-state index contributed by atoms with van der Waals surface area (Å²) in [5.41, 5.74) is 1.30. The van der Waals surface area contributed by atoms with E-state index in [0.717, 1.165) is 5.52 Å². The number of amides is 1. The van der Waals surface area contributed by atoms with E-state index in [-0.39, 0.29) is 11.4 Å². The van der Waals surface area contributed by atoms with Crippen LogP contribution in [0.3, 0.4) is 0 Å². The molecule has 9 nitrogen and oxygen atoms in total. The van der Waals surface area contributed by atoms with Crippen molar-refractivity contribution in [3.63, 3.8) is 0 Å². The van der Waals surface area contributed by atoms with Crippen molar-refractivity contribution in [3.8, 4) is 0 Å². The van der Waals surface area contributed by atoms with Gasteiger partial charge in [-0.3, -0.25) is 25.0 Å². The first kappa shape index (κ1) is 18.1. The Morgan fingerprint density at radius 3 is 2.33 bits per heavy atom. The van der Waals surface area contributed by atoms with Crippen LogP contribution in [0, 0.1) is 20.2 Å². The third-order valence-electron chi connectivity index (χ3n) is 3.73. The molecule has 0 aliphatic rings. The van der Waals surface area contributed by atoms with Crippen LogP contribution in [0.25, 0.3) is 16.3 Å². The van der Waals surface area contributed by atoms with Crippen molar-refractivity contribution in [2.75, 3.05) is 0 Å². The zero-order valence-electron chi connectivity index (χ0n) is 13.9. The SMILES string of the molecule is Cn1c(=NC(=O)C=Cc2ccc([N+](=O)[O-])cc2)sc2cc([N+](=O)[O-])ccc21. The fourth-order valence-corrected chi connectivity index (χ4v) is 3.41. The molecule has 136 valence electrons. The molecule has 3 aromatic rings. The third-order valence-corrected chi connectivity index (χ3v) is 4.83. The van der Waals surface area contributed by atoms with Crippen LogP contribution < -0.4 is 4.80 Å². The summed E-state index contributed by atoms with van der Waals surface area (Å²) in [5, 5.41) is 21.5. The molecule has 0 saturated heterocycles. The van der Waals surface area contributed by atoms with E-state index >= 15 is 0 Å². The molecule has 10 heteroatoms. The Kier molecular flexibility index (Phi) is 4.90. The van der Waals surface area contributed by atoms with Gasteiger partial charge >= 0.3 is 0 Å². The fraction of sp³-hybridized carbons (Fsp3) is 0.0588. The summed E-state index contributed by atoms with van der Waals surface area (Å²) in [7, 11) is 1.72. The molecule has 0 saturated carbocycles. The van der Waals surface area contributed by atoms with Gasteiger partial charge in [-0.05, 0) is 29.8 Å². The van der Waals surface area contributed by atoms with E-state index < -0.39 is 15.8 Å². The summed E-state index contributed by atoms with van der Waals surface area (Å²) in [6.07, 6.45) is 2.77. The van der Waals surface area contributed by atoms with Crippen LogP contribution in [0.1, 0.15) is 5.56 Å². The molecule has 1 aromatic heterocycles. The first-order valence-corrected chi connectivity index (χ1v) is 8.42. The summed E-state index contributed by atoms with van der Waals surface area (Å²) in [4.78, 5) is 37.0. The van der Waals surface area contributed by atoms with Crippen LogP contribution in [0.4, 0.5) is 11.4 Å². The Morgan fingerprint density at radius 1 is 1.07 bits per heavy atom. The van der Waals surface area contributed by atoms with E-state index in [1.54, 1.807) is 17.7 Å². The Labute approximate surface area is 155 Å². The van der Waals surface area contributed by atoms with Gasteiger partial charge in [-0.15, -0.1) is 0 Å². The first-order valence-electron chi connectivity index (χ1n) is 7.60. The van der Waals surface area contributed by atoms with Gasteiger partial charge in [0, 0.05) is 37.4 Å². The number of nitro benzene ring substituents is 2. The van der Waals surface area contributed by atoms with Crippen molar-refractivity contribution in [2.45, 2.75) is 0 Å². The summed E-state index contributed by atoms with van der Waals surface area (Å²) in [5.74, 6) is -0.509. The number of aryl methyl sites for hydroxylation is 1. The van der Waals surface area contributed by atoms with Crippen LogP contribution in [0.15, 0.2) is 53.5 Å². The maximum absolute atomic E-state index is 12.1. The number of non-ortho nitro benzene ring substituents is 2. The van der Waals surface area contributed by atoms with Gasteiger partial charge < -0.3 is 4.57 Å². The lowest BCUT2D eigenvalue weighted by atomic mass is 10.2. The average molecular weight is 384 g/mol. The average Bonchev–Trinajstić information content (AvgIpc) is 2.95. The second-order valence-corrected chi connectivity index (χ2v) is 6.49. The number of benzene rings is 2. The number of nitrogens with zero attached hydrogens (tertiary/aromatic N) is 4. The lowest BCUT2D eigenvalue weighted by Gasteiger charge is -1.95. The van der Waals surface area contributed by atoms with Crippen molar-refractivity contribution in [3.05, 3.63) is 79.1 Å². The smallest absolute Gasteiger partial charge is 0.272 e. The highest BCUT2D eigenvalue weighted by Gasteiger charge is 2.10. The lowest BCUT2D eigenvalue weighted by molar-refractivity contribution is -0.385. The molecule has 0 unspecified atom stereocenters. The zero-order chi connectivity index (χ0) is 19.6. The van der Waals surface area contributed by atoms with E-state index in [1.165, 1.54) is 59.9 Å². The molecule has 3 rings (SSSR count). The van der Waals surface area contributed by atoms with Gasteiger partial charge in [0.2, 0.25) is 0 Å². The van der Waals surface area contributed by atoms with Gasteiger partial charge in [0.25, 0.3) is 17.3 Å². The zero-order valence-corrected chi connectivity index (χ0v) is 14.8. The summed E-state index contributed by atoms with van der Waals surface area (Å²) in [6.45, 7) is 0. The van der Waals surface area contributed by atoms with Gasteiger partial charge in [-0.1, -0.05) is 11.3 Å². The highest BCUT2D eigenvalue weighted by molar-refractivity contribution is 7.16. The number of rotatable bonds is 4. The van der Waals surface area contributed by atoms with Crippen LogP contribution >= 0.6 is 11.3 Å². The number of aromatic nitrogens is 1. The molecule has 1 heterocycles. The van der Waals surface area contributed by atoms with Crippen molar-refractivity contribution >= 4 is 44.9 Å². The van der Waals surface area contributed by atoms with Gasteiger partial charge in [-0.25, -0.2) is 0 Å². The topological polar surface area (TPSA) is 121 Å². The number of carbonyl (C=O) groups excluding carboxylic acids is 1. The minimum absolute atomic E-state index is 0.0275. The molecule has 0 aliphatic carbocycles. The molecular formula is C17H12N4O5S. The second kappa shape index (κ2) is 7.30. The van der Waals surface area contributed by atoms with E-state index in [9.17, 15) is 25.0 Å². The Bertz CT molecular complexity index is 1160. The third kappa shape index (κ3) is 3.96. The van der Waals surface area contributed by atoms with Crippen LogP contribution in [-0.2, 0) is 11.8 Å². The maximum atomic E-state index is 12.1. The number of thiazole rings is 1. The van der Waals surface area contributed by atoms with E-state index in [4.69, 9.17) is 0 Å². The molecule has 0 N–H and O–H groups in total. The highest BCUT2D eigenvalue weighted by Crippen LogP contribution is 2.22. The van der Waals surface area contributed by atoms with Crippen molar-refractivity contribution < 1.29 is 14.6 Å². The summed E-state index contributed by atoms with van der Waals surface area (Å²) in [6, 6.07) is 10.2. The van der Waals surface area contributed by atoms with Gasteiger partial charge in [0.1, 0.15) is 0 Å². The molecule has 0 bridgehead atoms.